The lowest BCUT2D eigenvalue weighted by Crippen LogP contribution is -2.29. The van der Waals surface area contributed by atoms with Crippen LogP contribution in [0.15, 0.2) is 12.2 Å². The number of nitrogens with two attached hydrogens (primary N) is 2. The van der Waals surface area contributed by atoms with E-state index < -0.39 is 5.91 Å². The first-order chi connectivity index (χ1) is 4.09. The van der Waals surface area contributed by atoms with Gasteiger partial charge in [0.1, 0.15) is 0 Å². The lowest BCUT2D eigenvalue weighted by Gasteiger charge is -2.06. The first-order valence-corrected chi connectivity index (χ1v) is 2.83. The van der Waals surface area contributed by atoms with Crippen LogP contribution in [0.4, 0.5) is 0 Å². The molecule has 0 aliphatic carbocycles. The van der Waals surface area contributed by atoms with Gasteiger partial charge in [-0.25, -0.2) is 0 Å². The van der Waals surface area contributed by atoms with Crippen molar-refractivity contribution in [2.45, 2.75) is 19.4 Å². The maximum Gasteiger partial charge on any atom is 0.245 e. The summed E-state index contributed by atoms with van der Waals surface area (Å²) in [7, 11) is 0. The van der Waals surface area contributed by atoms with Crippen molar-refractivity contribution in [1.82, 2.24) is 0 Å². The Morgan fingerprint density at radius 2 is 2.10 bits per heavy atom. The summed E-state index contributed by atoms with van der Waals surface area (Å²) in [6.07, 6.45) is 0.696. The molecule has 0 bridgehead atoms. The first-order valence-electron chi connectivity index (χ1n) is 2.83. The van der Waals surface area contributed by atoms with Crippen molar-refractivity contribution in [2.75, 3.05) is 0 Å². The predicted molar refractivity (Wildman–Crippen MR) is 43.8 cm³/mol. The van der Waals surface area contributed by atoms with E-state index in [-0.39, 0.29) is 18.4 Å². The highest BCUT2D eigenvalue weighted by molar-refractivity contribution is 5.92. The van der Waals surface area contributed by atoms with Crippen molar-refractivity contribution in [2.24, 2.45) is 11.5 Å². The van der Waals surface area contributed by atoms with Gasteiger partial charge >= 0.3 is 0 Å². The molecule has 1 atom stereocenters. The smallest absolute Gasteiger partial charge is 0.245 e. The molecule has 0 fully saturated rings. The Balaban J connectivity index is 0. The van der Waals surface area contributed by atoms with Gasteiger partial charge in [0, 0.05) is 11.6 Å². The molecule has 0 heterocycles. The van der Waals surface area contributed by atoms with Gasteiger partial charge in [-0.3, -0.25) is 4.79 Å². The van der Waals surface area contributed by atoms with E-state index in [9.17, 15) is 4.79 Å². The molecule has 10 heavy (non-hydrogen) atoms. The van der Waals surface area contributed by atoms with E-state index in [0.29, 0.717) is 12.0 Å². The Hall–Kier alpha value is -0.540. The topological polar surface area (TPSA) is 69.1 Å². The highest BCUT2D eigenvalue weighted by Gasteiger charge is 2.08. The number of amides is 1. The molecule has 0 aliphatic heterocycles. The Morgan fingerprint density at radius 3 is 2.20 bits per heavy atom. The first kappa shape index (κ1) is 12.2. The second-order valence-electron chi connectivity index (χ2n) is 1.90. The van der Waals surface area contributed by atoms with Gasteiger partial charge in [-0.1, -0.05) is 13.5 Å². The fraction of sp³-hybridized carbons (Fsp3) is 0.500. The summed E-state index contributed by atoms with van der Waals surface area (Å²) in [6.45, 7) is 5.30. The van der Waals surface area contributed by atoms with Gasteiger partial charge in [0.25, 0.3) is 0 Å². The van der Waals surface area contributed by atoms with Crippen molar-refractivity contribution in [3.8, 4) is 0 Å². The minimum absolute atomic E-state index is 0. The van der Waals surface area contributed by atoms with Crippen LogP contribution >= 0.6 is 12.4 Å². The molecular weight excluding hydrogens is 152 g/mol. The third-order valence-corrected chi connectivity index (χ3v) is 1.20. The van der Waals surface area contributed by atoms with Crippen LogP contribution < -0.4 is 11.5 Å². The molecule has 4 heteroatoms. The lowest BCUT2D eigenvalue weighted by molar-refractivity contribution is -0.114. The molecule has 1 amide bonds. The van der Waals surface area contributed by atoms with Gasteiger partial charge in [-0.15, -0.1) is 12.4 Å². The van der Waals surface area contributed by atoms with Crippen molar-refractivity contribution >= 4 is 18.3 Å². The monoisotopic (exact) mass is 164 g/mol. The van der Waals surface area contributed by atoms with E-state index >= 15 is 0 Å². The number of halogens is 1. The molecule has 0 aromatic heterocycles. The molecule has 4 N–H and O–H groups in total. The zero-order valence-corrected chi connectivity index (χ0v) is 6.78. The Kier molecular flexibility index (Phi) is 6.40. The molecule has 0 aliphatic rings. The average Bonchev–Trinajstić information content (AvgIpc) is 1.84. The standard InChI is InChI=1S/C6H12N2O.ClH/c1-3-5(7)4(2)6(8)9;/h5H,2-3,7H2,1H3,(H2,8,9);1H. The molecule has 0 spiro atoms. The summed E-state index contributed by atoms with van der Waals surface area (Å²) in [5, 5.41) is 0. The SMILES string of the molecule is C=C(C(N)=O)C(N)CC.Cl. The third-order valence-electron chi connectivity index (χ3n) is 1.20. The molecule has 0 aromatic rings. The van der Waals surface area contributed by atoms with Gasteiger partial charge < -0.3 is 11.5 Å². The number of primary amides is 1. The predicted octanol–water partition coefficient (Wildman–Crippen LogP) is 0.187. The minimum atomic E-state index is -0.510. The van der Waals surface area contributed by atoms with Gasteiger partial charge in [0.05, 0.1) is 0 Å². The maximum atomic E-state index is 10.3. The summed E-state index contributed by atoms with van der Waals surface area (Å²) >= 11 is 0. The normalized spacial score (nSPS) is 11.4. The van der Waals surface area contributed by atoms with Gasteiger partial charge in [-0.05, 0) is 6.42 Å². The van der Waals surface area contributed by atoms with Gasteiger partial charge in [0.2, 0.25) is 5.91 Å². The molecular formula is C6H13ClN2O. The largest absolute Gasteiger partial charge is 0.366 e. The minimum Gasteiger partial charge on any atom is -0.366 e. The lowest BCUT2D eigenvalue weighted by atomic mass is 10.1. The zero-order valence-electron chi connectivity index (χ0n) is 5.96. The summed E-state index contributed by atoms with van der Waals surface area (Å²) in [5.41, 5.74) is 10.6. The molecule has 0 saturated carbocycles. The van der Waals surface area contributed by atoms with Crippen molar-refractivity contribution in [1.29, 1.82) is 0 Å². The van der Waals surface area contributed by atoms with Crippen LogP contribution in [0.3, 0.4) is 0 Å². The molecule has 0 rings (SSSR count). The van der Waals surface area contributed by atoms with E-state index in [4.69, 9.17) is 11.5 Å². The fourth-order valence-corrected chi connectivity index (χ4v) is 0.429. The second-order valence-corrected chi connectivity index (χ2v) is 1.90. The molecule has 0 saturated heterocycles. The van der Waals surface area contributed by atoms with E-state index in [1.54, 1.807) is 0 Å². The van der Waals surface area contributed by atoms with Crippen LogP contribution in [0, 0.1) is 0 Å². The van der Waals surface area contributed by atoms with E-state index in [2.05, 4.69) is 6.58 Å². The number of hydrogen-bond acceptors (Lipinski definition) is 2. The second kappa shape index (κ2) is 5.26. The van der Waals surface area contributed by atoms with Crippen LogP contribution in [0.2, 0.25) is 0 Å². The van der Waals surface area contributed by atoms with Crippen molar-refractivity contribution in [3.05, 3.63) is 12.2 Å². The zero-order chi connectivity index (χ0) is 7.44. The van der Waals surface area contributed by atoms with Crippen molar-refractivity contribution < 1.29 is 4.79 Å². The number of rotatable bonds is 3. The number of carbonyl (C=O) groups excluding carboxylic acids is 1. The number of carbonyl (C=O) groups is 1. The fourth-order valence-electron chi connectivity index (χ4n) is 0.429. The summed E-state index contributed by atoms with van der Waals surface area (Å²) in [6, 6.07) is -0.275. The Bertz CT molecular complexity index is 136. The summed E-state index contributed by atoms with van der Waals surface area (Å²) in [5.74, 6) is -0.510. The quantitative estimate of drug-likeness (QED) is 0.585. The Labute approximate surface area is 66.9 Å². The molecule has 3 nitrogen and oxygen atoms in total. The van der Waals surface area contributed by atoms with Crippen LogP contribution in [0.1, 0.15) is 13.3 Å². The van der Waals surface area contributed by atoms with Gasteiger partial charge in [0.15, 0.2) is 0 Å². The van der Waals surface area contributed by atoms with Crippen LogP contribution in [-0.4, -0.2) is 11.9 Å². The third kappa shape index (κ3) is 3.48. The van der Waals surface area contributed by atoms with Crippen LogP contribution in [0.5, 0.6) is 0 Å². The van der Waals surface area contributed by atoms with Crippen LogP contribution in [-0.2, 0) is 4.79 Å². The summed E-state index contributed by atoms with van der Waals surface area (Å²) < 4.78 is 0. The maximum absolute atomic E-state index is 10.3. The number of hydrogen-bond donors (Lipinski definition) is 2. The van der Waals surface area contributed by atoms with E-state index in [1.807, 2.05) is 6.92 Å². The molecule has 0 radical (unpaired) electrons. The van der Waals surface area contributed by atoms with Crippen LogP contribution in [0.25, 0.3) is 0 Å². The summed E-state index contributed by atoms with van der Waals surface area (Å²) in [4.78, 5) is 10.3. The average molecular weight is 165 g/mol. The molecule has 60 valence electrons. The van der Waals surface area contributed by atoms with E-state index in [1.165, 1.54) is 0 Å². The van der Waals surface area contributed by atoms with E-state index in [0.717, 1.165) is 0 Å². The molecule has 1 unspecified atom stereocenters. The van der Waals surface area contributed by atoms with Gasteiger partial charge in [-0.2, -0.15) is 0 Å². The molecule has 0 aromatic carbocycles. The van der Waals surface area contributed by atoms with Crippen molar-refractivity contribution in [3.63, 3.8) is 0 Å². The highest BCUT2D eigenvalue weighted by Crippen LogP contribution is 1.97. The highest BCUT2D eigenvalue weighted by atomic mass is 35.5. The Morgan fingerprint density at radius 1 is 1.70 bits per heavy atom.